The van der Waals surface area contributed by atoms with E-state index in [2.05, 4.69) is 26.8 Å². The van der Waals surface area contributed by atoms with Crippen molar-refractivity contribution in [2.24, 2.45) is 17.1 Å². The van der Waals surface area contributed by atoms with Crippen molar-refractivity contribution in [3.63, 3.8) is 0 Å². The van der Waals surface area contributed by atoms with Crippen LogP contribution in [0.25, 0.3) is 0 Å². The lowest BCUT2D eigenvalue weighted by atomic mass is 9.70. The highest BCUT2D eigenvalue weighted by molar-refractivity contribution is 5.94. The molecule has 5 heteroatoms. The minimum atomic E-state index is -0.912. The molecule has 1 unspecified atom stereocenters. The number of rotatable bonds is 5. The van der Waals surface area contributed by atoms with Crippen molar-refractivity contribution in [3.8, 4) is 0 Å². The standard InChI is InChI=1S/C16H25NO4/c1-15(2,3)11(10-7-5-6-8-10)12(21-14(17)19)13(18)16(4)9-20-16/h7,11-12H,5-6,8-9H2,1-4H3,(H2,17,19)/t11-,12?,16+/m0/s1. The number of hydrogen-bond donors (Lipinski definition) is 1. The molecule has 2 N–H and O–H groups in total. The molecule has 118 valence electrons. The van der Waals surface area contributed by atoms with E-state index in [1.54, 1.807) is 6.92 Å². The van der Waals surface area contributed by atoms with E-state index in [1.807, 2.05) is 0 Å². The highest BCUT2D eigenvalue weighted by Gasteiger charge is 2.54. The molecule has 1 saturated heterocycles. The van der Waals surface area contributed by atoms with Crippen molar-refractivity contribution in [3.05, 3.63) is 11.6 Å². The van der Waals surface area contributed by atoms with Crippen LogP contribution < -0.4 is 5.73 Å². The first kappa shape index (κ1) is 16.0. The number of allylic oxidation sites excluding steroid dienone is 1. The Balaban J connectivity index is 2.34. The molecule has 1 aliphatic carbocycles. The summed E-state index contributed by atoms with van der Waals surface area (Å²) >= 11 is 0. The van der Waals surface area contributed by atoms with Gasteiger partial charge in [0.15, 0.2) is 11.7 Å². The Labute approximate surface area is 125 Å². The van der Waals surface area contributed by atoms with Crippen LogP contribution >= 0.6 is 0 Å². The molecule has 3 atom stereocenters. The van der Waals surface area contributed by atoms with Gasteiger partial charge in [-0.05, 0) is 31.6 Å². The van der Waals surface area contributed by atoms with Crippen LogP contribution in [0.15, 0.2) is 11.6 Å². The van der Waals surface area contributed by atoms with Crippen molar-refractivity contribution in [1.82, 2.24) is 0 Å². The molecule has 0 aromatic rings. The summed E-state index contributed by atoms with van der Waals surface area (Å²) in [5.41, 5.74) is 5.35. The topological polar surface area (TPSA) is 81.9 Å². The van der Waals surface area contributed by atoms with E-state index < -0.39 is 17.8 Å². The predicted molar refractivity (Wildman–Crippen MR) is 78.7 cm³/mol. The van der Waals surface area contributed by atoms with Crippen molar-refractivity contribution < 1.29 is 19.1 Å². The van der Waals surface area contributed by atoms with E-state index in [1.165, 1.54) is 5.57 Å². The largest absolute Gasteiger partial charge is 0.438 e. The van der Waals surface area contributed by atoms with Gasteiger partial charge in [0.1, 0.15) is 0 Å². The zero-order chi connectivity index (χ0) is 15.8. The number of Topliss-reactive ketones (excluding diaryl/α,β-unsaturated/α-hetero) is 1. The quantitative estimate of drug-likeness (QED) is 0.624. The Hall–Kier alpha value is -1.36. The summed E-state index contributed by atoms with van der Waals surface area (Å²) in [6, 6.07) is 0. The van der Waals surface area contributed by atoms with Gasteiger partial charge < -0.3 is 15.2 Å². The first-order valence-electron chi connectivity index (χ1n) is 7.48. The third-order valence-corrected chi connectivity index (χ3v) is 4.31. The smallest absolute Gasteiger partial charge is 0.405 e. The van der Waals surface area contributed by atoms with E-state index in [0.29, 0.717) is 6.61 Å². The van der Waals surface area contributed by atoms with E-state index in [0.717, 1.165) is 19.3 Å². The number of primary amides is 1. The van der Waals surface area contributed by atoms with Crippen LogP contribution in [0.2, 0.25) is 0 Å². The van der Waals surface area contributed by atoms with Gasteiger partial charge >= 0.3 is 6.09 Å². The van der Waals surface area contributed by atoms with Crippen LogP contribution in [-0.4, -0.2) is 30.2 Å². The van der Waals surface area contributed by atoms with Gasteiger partial charge in [0.2, 0.25) is 5.78 Å². The Morgan fingerprint density at radius 3 is 2.43 bits per heavy atom. The fourth-order valence-corrected chi connectivity index (χ4v) is 3.13. The van der Waals surface area contributed by atoms with Crippen molar-refractivity contribution in [1.29, 1.82) is 0 Å². The van der Waals surface area contributed by atoms with Gasteiger partial charge in [0.05, 0.1) is 6.61 Å². The van der Waals surface area contributed by atoms with Gasteiger partial charge in [-0.3, -0.25) is 4.79 Å². The van der Waals surface area contributed by atoms with Crippen LogP contribution in [0.1, 0.15) is 47.0 Å². The first-order chi connectivity index (χ1) is 9.65. The van der Waals surface area contributed by atoms with Gasteiger partial charge in [-0.2, -0.15) is 0 Å². The normalized spacial score (nSPS) is 27.7. The number of epoxide rings is 1. The lowest BCUT2D eigenvalue weighted by Gasteiger charge is -2.37. The number of ketones is 1. The number of nitrogens with two attached hydrogens (primary N) is 1. The lowest BCUT2D eigenvalue weighted by molar-refractivity contribution is -0.136. The first-order valence-corrected chi connectivity index (χ1v) is 7.48. The molecule has 0 saturated carbocycles. The summed E-state index contributed by atoms with van der Waals surface area (Å²) in [5, 5.41) is 0. The van der Waals surface area contributed by atoms with Crippen molar-refractivity contribution in [2.45, 2.75) is 58.7 Å². The third kappa shape index (κ3) is 3.46. The number of ether oxygens (including phenoxy) is 2. The molecule has 2 rings (SSSR count). The van der Waals surface area contributed by atoms with E-state index in [4.69, 9.17) is 15.2 Å². The van der Waals surface area contributed by atoms with Crippen LogP contribution in [0.4, 0.5) is 4.79 Å². The Kier molecular flexibility index (Phi) is 4.15. The molecule has 0 radical (unpaired) electrons. The molecule has 0 bridgehead atoms. The van der Waals surface area contributed by atoms with Crippen LogP contribution in [0.5, 0.6) is 0 Å². The third-order valence-electron chi connectivity index (χ3n) is 4.31. The molecular formula is C16H25NO4. The van der Waals surface area contributed by atoms with Gasteiger partial charge in [-0.25, -0.2) is 4.79 Å². The zero-order valence-electron chi connectivity index (χ0n) is 13.3. The highest BCUT2D eigenvalue weighted by atomic mass is 16.6. The molecule has 1 aliphatic heterocycles. The molecule has 1 heterocycles. The fourth-order valence-electron chi connectivity index (χ4n) is 3.13. The number of amides is 1. The second kappa shape index (κ2) is 5.44. The van der Waals surface area contributed by atoms with E-state index in [9.17, 15) is 9.59 Å². The van der Waals surface area contributed by atoms with E-state index in [-0.39, 0.29) is 17.1 Å². The summed E-state index contributed by atoms with van der Waals surface area (Å²) in [6.45, 7) is 8.27. The molecule has 0 aromatic carbocycles. The number of carbonyl (C=O) groups excluding carboxylic acids is 2. The molecule has 5 nitrogen and oxygen atoms in total. The SMILES string of the molecule is CC(C)(C)[C@@H](C1=CCCC1)C(OC(N)=O)C(=O)[C@@]1(C)CO1. The fraction of sp³-hybridized carbons (Fsp3) is 0.750. The molecule has 0 aromatic heterocycles. The summed E-state index contributed by atoms with van der Waals surface area (Å²) in [4.78, 5) is 24.0. The molecule has 0 spiro atoms. The van der Waals surface area contributed by atoms with Crippen LogP contribution in [-0.2, 0) is 14.3 Å². The monoisotopic (exact) mass is 295 g/mol. The highest BCUT2D eigenvalue weighted by Crippen LogP contribution is 2.43. The van der Waals surface area contributed by atoms with Gasteiger partial charge in [-0.15, -0.1) is 0 Å². The average molecular weight is 295 g/mol. The maximum Gasteiger partial charge on any atom is 0.405 e. The average Bonchev–Trinajstić information content (AvgIpc) is 2.88. The summed E-state index contributed by atoms with van der Waals surface area (Å²) in [7, 11) is 0. The number of hydrogen-bond acceptors (Lipinski definition) is 4. The summed E-state index contributed by atoms with van der Waals surface area (Å²) < 4.78 is 10.5. The Bertz CT molecular complexity index is 471. The maximum absolute atomic E-state index is 12.7. The van der Waals surface area contributed by atoms with Crippen molar-refractivity contribution in [2.75, 3.05) is 6.61 Å². The lowest BCUT2D eigenvalue weighted by Crippen LogP contribution is -2.47. The van der Waals surface area contributed by atoms with Gasteiger partial charge in [0, 0.05) is 5.92 Å². The Morgan fingerprint density at radius 1 is 1.43 bits per heavy atom. The molecule has 1 amide bonds. The maximum atomic E-state index is 12.7. The predicted octanol–water partition coefficient (Wildman–Crippen LogP) is 2.58. The van der Waals surface area contributed by atoms with Crippen LogP contribution in [0.3, 0.4) is 0 Å². The van der Waals surface area contributed by atoms with Crippen molar-refractivity contribution >= 4 is 11.9 Å². The van der Waals surface area contributed by atoms with Gasteiger partial charge in [0.25, 0.3) is 0 Å². The minimum Gasteiger partial charge on any atom is -0.438 e. The van der Waals surface area contributed by atoms with Crippen LogP contribution in [0, 0.1) is 11.3 Å². The molecule has 21 heavy (non-hydrogen) atoms. The molecule has 1 fully saturated rings. The Morgan fingerprint density at radius 2 is 2.05 bits per heavy atom. The second-order valence-electron chi connectivity index (χ2n) is 7.26. The zero-order valence-corrected chi connectivity index (χ0v) is 13.3. The summed E-state index contributed by atoms with van der Waals surface area (Å²) in [6.07, 6.45) is 3.40. The number of carbonyl (C=O) groups is 2. The van der Waals surface area contributed by atoms with E-state index >= 15 is 0 Å². The molecule has 2 aliphatic rings. The molecular weight excluding hydrogens is 270 g/mol. The minimum absolute atomic E-state index is 0.166. The van der Waals surface area contributed by atoms with Gasteiger partial charge in [-0.1, -0.05) is 32.4 Å². The second-order valence-corrected chi connectivity index (χ2v) is 7.26. The summed E-state index contributed by atoms with van der Waals surface area (Å²) in [5.74, 6) is -0.352.